The van der Waals surface area contributed by atoms with Gasteiger partial charge in [-0.2, -0.15) is 0 Å². The number of hydrogen-bond donors (Lipinski definition) is 2. The molecule has 0 aliphatic rings. The molecule has 0 heterocycles. The molecule has 0 bridgehead atoms. The Morgan fingerprint density at radius 2 is 1.41 bits per heavy atom. The average molecular weight is 409 g/mol. The summed E-state index contributed by atoms with van der Waals surface area (Å²) in [5.74, 6) is -0.226. The minimum Gasteiger partial charge on any atom is -0.322 e. The fraction of sp³-hybridized carbons (Fsp3) is 0.174. The number of benzene rings is 3. The van der Waals surface area contributed by atoms with Gasteiger partial charge in [0.25, 0.3) is 15.9 Å². The Kier molecular flexibility index (Phi) is 5.75. The highest BCUT2D eigenvalue weighted by atomic mass is 32.2. The number of hydrogen-bond acceptors (Lipinski definition) is 3. The van der Waals surface area contributed by atoms with Crippen molar-refractivity contribution in [2.24, 2.45) is 0 Å². The molecule has 2 N–H and O–H groups in total. The quantitative estimate of drug-likeness (QED) is 0.626. The van der Waals surface area contributed by atoms with E-state index in [9.17, 15) is 13.2 Å². The molecule has 0 unspecified atom stereocenters. The Bertz CT molecular complexity index is 1150. The maximum Gasteiger partial charge on any atom is 0.261 e. The zero-order valence-electron chi connectivity index (χ0n) is 16.9. The van der Waals surface area contributed by atoms with E-state index in [1.165, 1.54) is 12.1 Å². The van der Waals surface area contributed by atoms with Gasteiger partial charge in [0.15, 0.2) is 0 Å². The minimum absolute atomic E-state index is 0.130. The summed E-state index contributed by atoms with van der Waals surface area (Å²) in [7, 11) is -3.73. The Labute approximate surface area is 171 Å². The molecular weight excluding hydrogens is 384 g/mol. The Balaban J connectivity index is 1.79. The lowest BCUT2D eigenvalue weighted by Crippen LogP contribution is -2.16. The number of carbonyl (C=O) groups is 1. The predicted octanol–water partition coefficient (Wildman–Crippen LogP) is 4.97. The largest absolute Gasteiger partial charge is 0.322 e. The van der Waals surface area contributed by atoms with Crippen LogP contribution >= 0.6 is 0 Å². The van der Waals surface area contributed by atoms with Crippen molar-refractivity contribution in [3.8, 4) is 0 Å². The van der Waals surface area contributed by atoms with Crippen LogP contribution in [0.15, 0.2) is 65.6 Å². The summed E-state index contributed by atoms with van der Waals surface area (Å²) in [4.78, 5) is 12.7. The lowest BCUT2D eigenvalue weighted by Gasteiger charge is -2.14. The third-order valence-corrected chi connectivity index (χ3v) is 6.14. The summed E-state index contributed by atoms with van der Waals surface area (Å²) in [6, 6.07) is 17.4. The smallest absolute Gasteiger partial charge is 0.261 e. The third-order valence-electron chi connectivity index (χ3n) is 4.78. The van der Waals surface area contributed by atoms with E-state index in [0.717, 1.165) is 22.3 Å². The second-order valence-electron chi connectivity index (χ2n) is 7.17. The third kappa shape index (κ3) is 4.66. The van der Waals surface area contributed by atoms with Gasteiger partial charge in [-0.3, -0.25) is 9.52 Å². The molecule has 0 atom stereocenters. The van der Waals surface area contributed by atoms with Crippen LogP contribution in [0.4, 0.5) is 11.4 Å². The molecule has 150 valence electrons. The number of amides is 1. The summed E-state index contributed by atoms with van der Waals surface area (Å²) >= 11 is 0. The summed E-state index contributed by atoms with van der Waals surface area (Å²) in [5.41, 5.74) is 5.29. The molecule has 6 heteroatoms. The van der Waals surface area contributed by atoms with Gasteiger partial charge in [0.05, 0.1) is 10.6 Å². The zero-order chi connectivity index (χ0) is 21.2. The minimum atomic E-state index is -3.73. The molecule has 0 saturated heterocycles. The van der Waals surface area contributed by atoms with Gasteiger partial charge < -0.3 is 5.32 Å². The van der Waals surface area contributed by atoms with E-state index in [1.807, 2.05) is 64.1 Å². The number of anilines is 2. The fourth-order valence-corrected chi connectivity index (χ4v) is 4.27. The predicted molar refractivity (Wildman–Crippen MR) is 117 cm³/mol. The molecule has 0 aliphatic carbocycles. The standard InChI is InChI=1S/C23H24N2O3S/c1-15-8-9-16(2)21(14-15)23(26)24-19-10-12-20(13-11-19)29(27,28)25-22-17(3)6-5-7-18(22)4/h5-14,25H,1-4H3,(H,24,26). The van der Waals surface area contributed by atoms with Gasteiger partial charge in [0.2, 0.25) is 0 Å². The molecule has 5 nitrogen and oxygen atoms in total. The van der Waals surface area contributed by atoms with E-state index in [4.69, 9.17) is 0 Å². The van der Waals surface area contributed by atoms with Gasteiger partial charge in [-0.25, -0.2) is 8.42 Å². The topological polar surface area (TPSA) is 75.3 Å². The molecule has 3 rings (SSSR count). The molecule has 1 amide bonds. The monoisotopic (exact) mass is 408 g/mol. The fourth-order valence-electron chi connectivity index (χ4n) is 3.07. The molecule has 29 heavy (non-hydrogen) atoms. The van der Waals surface area contributed by atoms with Crippen molar-refractivity contribution in [1.82, 2.24) is 0 Å². The van der Waals surface area contributed by atoms with Crippen LogP contribution in [0.1, 0.15) is 32.6 Å². The zero-order valence-corrected chi connectivity index (χ0v) is 17.7. The first-order chi connectivity index (χ1) is 13.7. The SMILES string of the molecule is Cc1ccc(C)c(C(=O)Nc2ccc(S(=O)(=O)Nc3c(C)cccc3C)cc2)c1. The van der Waals surface area contributed by atoms with Gasteiger partial charge in [0.1, 0.15) is 0 Å². The number of rotatable bonds is 5. The van der Waals surface area contributed by atoms with Gasteiger partial charge in [-0.1, -0.05) is 35.9 Å². The van der Waals surface area contributed by atoms with Crippen molar-refractivity contribution in [3.05, 3.63) is 88.5 Å². The maximum absolute atomic E-state index is 12.7. The average Bonchev–Trinajstić information content (AvgIpc) is 2.67. The first kappa shape index (κ1) is 20.6. The first-order valence-electron chi connectivity index (χ1n) is 9.25. The highest BCUT2D eigenvalue weighted by Crippen LogP contribution is 2.24. The number of sulfonamides is 1. The normalized spacial score (nSPS) is 11.2. The second kappa shape index (κ2) is 8.09. The van der Waals surface area contributed by atoms with Crippen molar-refractivity contribution < 1.29 is 13.2 Å². The van der Waals surface area contributed by atoms with E-state index >= 15 is 0 Å². The van der Waals surface area contributed by atoms with Crippen molar-refractivity contribution in [2.45, 2.75) is 32.6 Å². The van der Waals surface area contributed by atoms with Crippen LogP contribution in [0.5, 0.6) is 0 Å². The highest BCUT2D eigenvalue weighted by molar-refractivity contribution is 7.92. The van der Waals surface area contributed by atoms with Gasteiger partial charge in [-0.15, -0.1) is 0 Å². The van der Waals surface area contributed by atoms with Gasteiger partial charge in [0, 0.05) is 11.3 Å². The summed E-state index contributed by atoms with van der Waals surface area (Å²) in [6.07, 6.45) is 0. The Morgan fingerprint density at radius 1 is 0.793 bits per heavy atom. The van der Waals surface area contributed by atoms with Crippen molar-refractivity contribution in [3.63, 3.8) is 0 Å². The van der Waals surface area contributed by atoms with Crippen molar-refractivity contribution in [2.75, 3.05) is 10.0 Å². The molecule has 0 fully saturated rings. The van der Waals surface area contributed by atoms with E-state index in [2.05, 4.69) is 10.0 Å². The molecule has 3 aromatic carbocycles. The number of aryl methyl sites for hydroxylation is 4. The van der Waals surface area contributed by atoms with E-state index in [0.29, 0.717) is 16.9 Å². The maximum atomic E-state index is 12.7. The van der Waals surface area contributed by atoms with Crippen LogP contribution in [0, 0.1) is 27.7 Å². The van der Waals surface area contributed by atoms with Crippen LogP contribution < -0.4 is 10.0 Å². The Hall–Kier alpha value is -3.12. The number of nitrogens with one attached hydrogen (secondary N) is 2. The van der Waals surface area contributed by atoms with Crippen molar-refractivity contribution in [1.29, 1.82) is 0 Å². The second-order valence-corrected chi connectivity index (χ2v) is 8.85. The van der Waals surface area contributed by atoms with Gasteiger partial charge in [-0.05, 0) is 74.7 Å². The van der Waals surface area contributed by atoms with E-state index in [-0.39, 0.29) is 10.8 Å². The summed E-state index contributed by atoms with van der Waals surface area (Å²) in [5, 5.41) is 2.82. The summed E-state index contributed by atoms with van der Waals surface area (Å²) < 4.78 is 28.1. The lowest BCUT2D eigenvalue weighted by atomic mass is 10.1. The van der Waals surface area contributed by atoms with Crippen LogP contribution in [0.2, 0.25) is 0 Å². The van der Waals surface area contributed by atoms with Crippen LogP contribution in [0.25, 0.3) is 0 Å². The number of para-hydroxylation sites is 1. The van der Waals surface area contributed by atoms with Crippen LogP contribution in [-0.2, 0) is 10.0 Å². The molecule has 0 saturated carbocycles. The van der Waals surface area contributed by atoms with Crippen LogP contribution in [-0.4, -0.2) is 14.3 Å². The van der Waals surface area contributed by atoms with Crippen molar-refractivity contribution >= 4 is 27.3 Å². The molecule has 0 aromatic heterocycles. The molecule has 0 aliphatic heterocycles. The van der Waals surface area contributed by atoms with Crippen LogP contribution in [0.3, 0.4) is 0 Å². The Morgan fingerprint density at radius 3 is 2.03 bits per heavy atom. The molecule has 3 aromatic rings. The van der Waals surface area contributed by atoms with E-state index < -0.39 is 10.0 Å². The molecule has 0 radical (unpaired) electrons. The summed E-state index contributed by atoms with van der Waals surface area (Å²) in [6.45, 7) is 7.52. The lowest BCUT2D eigenvalue weighted by molar-refractivity contribution is 0.102. The molecular formula is C23H24N2O3S. The first-order valence-corrected chi connectivity index (χ1v) is 10.7. The van der Waals surface area contributed by atoms with Gasteiger partial charge >= 0.3 is 0 Å². The number of carbonyl (C=O) groups excluding carboxylic acids is 1. The molecule has 0 spiro atoms. The highest BCUT2D eigenvalue weighted by Gasteiger charge is 2.17. The van der Waals surface area contributed by atoms with E-state index in [1.54, 1.807) is 12.1 Å².